The molecule has 6 heteroatoms. The summed E-state index contributed by atoms with van der Waals surface area (Å²) < 4.78 is 0. The lowest BCUT2D eigenvalue weighted by molar-refractivity contribution is -0.135. The summed E-state index contributed by atoms with van der Waals surface area (Å²) >= 11 is 1.95. The van der Waals surface area contributed by atoms with E-state index in [1.165, 1.54) is 0 Å². The molecule has 0 aromatic carbocycles. The molecular formula is C16H24N4OS. The molecule has 0 bridgehead atoms. The molecule has 0 aliphatic carbocycles. The molecule has 120 valence electrons. The van der Waals surface area contributed by atoms with Crippen LogP contribution in [0.4, 0.5) is 5.82 Å². The molecule has 2 saturated heterocycles. The lowest BCUT2D eigenvalue weighted by Crippen LogP contribution is -2.45. The number of hydrogen-bond donors (Lipinski definition) is 0. The second-order valence-electron chi connectivity index (χ2n) is 5.92. The van der Waals surface area contributed by atoms with Gasteiger partial charge in [0.15, 0.2) is 0 Å². The largest absolute Gasteiger partial charge is 0.356 e. The van der Waals surface area contributed by atoms with E-state index in [-0.39, 0.29) is 5.92 Å². The van der Waals surface area contributed by atoms with Gasteiger partial charge in [0.05, 0.1) is 0 Å². The van der Waals surface area contributed by atoms with Gasteiger partial charge in [-0.2, -0.15) is 11.8 Å². The third-order valence-electron chi connectivity index (χ3n) is 4.56. The maximum atomic E-state index is 12.6. The summed E-state index contributed by atoms with van der Waals surface area (Å²) in [6, 6.07) is 2.07. The van der Waals surface area contributed by atoms with E-state index < -0.39 is 0 Å². The Balaban J connectivity index is 1.56. The van der Waals surface area contributed by atoms with Gasteiger partial charge in [-0.15, -0.1) is 0 Å². The summed E-state index contributed by atoms with van der Waals surface area (Å²) in [6.07, 6.45) is 4.45. The third kappa shape index (κ3) is 3.54. The summed E-state index contributed by atoms with van der Waals surface area (Å²) in [7, 11) is 0. The summed E-state index contributed by atoms with van der Waals surface area (Å²) in [5.74, 6) is 3.76. The number of rotatable bonds is 3. The lowest BCUT2D eigenvalue weighted by atomic mass is 9.95. The number of nitrogens with zero attached hydrogens (tertiary/aromatic N) is 4. The predicted octanol–water partition coefficient (Wildman–Crippen LogP) is 1.83. The first-order chi connectivity index (χ1) is 10.8. The highest BCUT2D eigenvalue weighted by molar-refractivity contribution is 7.99. The molecule has 3 heterocycles. The molecule has 1 aromatic rings. The van der Waals surface area contributed by atoms with Crippen LogP contribution in [0.15, 0.2) is 12.4 Å². The quantitative estimate of drug-likeness (QED) is 0.850. The van der Waals surface area contributed by atoms with Crippen LogP contribution in [-0.4, -0.2) is 58.5 Å². The minimum absolute atomic E-state index is 0.201. The fraction of sp³-hybridized carbons (Fsp3) is 0.688. The zero-order chi connectivity index (χ0) is 15.4. The van der Waals surface area contributed by atoms with Crippen LogP contribution in [-0.2, 0) is 11.2 Å². The minimum Gasteiger partial charge on any atom is -0.356 e. The summed E-state index contributed by atoms with van der Waals surface area (Å²) in [6.45, 7) is 5.79. The Morgan fingerprint density at radius 1 is 1.23 bits per heavy atom. The number of amides is 1. The van der Waals surface area contributed by atoms with Crippen LogP contribution in [0.2, 0.25) is 0 Å². The summed E-state index contributed by atoms with van der Waals surface area (Å²) in [5, 5.41) is 0. The minimum atomic E-state index is 0.201. The first kappa shape index (κ1) is 15.6. The van der Waals surface area contributed by atoms with E-state index in [1.54, 1.807) is 6.33 Å². The van der Waals surface area contributed by atoms with E-state index in [0.29, 0.717) is 5.91 Å². The van der Waals surface area contributed by atoms with Crippen LogP contribution in [0.5, 0.6) is 0 Å². The molecule has 1 amide bonds. The summed E-state index contributed by atoms with van der Waals surface area (Å²) in [4.78, 5) is 25.6. The first-order valence-electron chi connectivity index (χ1n) is 8.20. The lowest BCUT2D eigenvalue weighted by Gasteiger charge is -2.36. The number of piperidine rings is 1. The van der Waals surface area contributed by atoms with Crippen molar-refractivity contribution in [3.8, 4) is 0 Å². The third-order valence-corrected chi connectivity index (χ3v) is 5.50. The maximum Gasteiger partial charge on any atom is 0.225 e. The second kappa shape index (κ2) is 7.31. The maximum absolute atomic E-state index is 12.6. The molecule has 2 aliphatic rings. The molecular weight excluding hydrogens is 296 g/mol. The van der Waals surface area contributed by atoms with Gasteiger partial charge in [0, 0.05) is 55.4 Å². The highest BCUT2D eigenvalue weighted by Gasteiger charge is 2.29. The first-order valence-corrected chi connectivity index (χ1v) is 9.36. The van der Waals surface area contributed by atoms with Crippen molar-refractivity contribution in [3.63, 3.8) is 0 Å². The summed E-state index contributed by atoms with van der Waals surface area (Å²) in [5.41, 5.74) is 1.08. The molecule has 22 heavy (non-hydrogen) atoms. The zero-order valence-electron chi connectivity index (χ0n) is 13.2. The average molecular weight is 320 g/mol. The van der Waals surface area contributed by atoms with E-state index in [0.717, 1.165) is 68.5 Å². The molecule has 0 atom stereocenters. The van der Waals surface area contributed by atoms with Crippen molar-refractivity contribution in [2.24, 2.45) is 5.92 Å². The highest BCUT2D eigenvalue weighted by atomic mass is 32.2. The van der Waals surface area contributed by atoms with Gasteiger partial charge in [-0.05, 0) is 19.3 Å². The number of anilines is 1. The Kier molecular flexibility index (Phi) is 5.18. The van der Waals surface area contributed by atoms with E-state index >= 15 is 0 Å². The van der Waals surface area contributed by atoms with E-state index in [1.807, 2.05) is 11.8 Å². The molecule has 5 nitrogen and oxygen atoms in total. The SMILES string of the molecule is CCc1cc(N2CCC(C(=O)N3CCSCC3)CC2)ncn1. The molecule has 0 N–H and O–H groups in total. The van der Waals surface area contributed by atoms with Crippen molar-refractivity contribution in [1.29, 1.82) is 0 Å². The second-order valence-corrected chi connectivity index (χ2v) is 7.14. The molecule has 2 aliphatic heterocycles. The van der Waals surface area contributed by atoms with Gasteiger partial charge in [-0.1, -0.05) is 6.92 Å². The van der Waals surface area contributed by atoms with E-state index in [9.17, 15) is 4.79 Å². The van der Waals surface area contributed by atoms with Gasteiger partial charge in [-0.3, -0.25) is 4.79 Å². The highest BCUT2D eigenvalue weighted by Crippen LogP contribution is 2.24. The Morgan fingerprint density at radius 2 is 1.95 bits per heavy atom. The number of hydrogen-bond acceptors (Lipinski definition) is 5. The fourth-order valence-electron chi connectivity index (χ4n) is 3.15. The number of thioether (sulfide) groups is 1. The van der Waals surface area contributed by atoms with Crippen LogP contribution >= 0.6 is 11.8 Å². The number of aromatic nitrogens is 2. The molecule has 0 radical (unpaired) electrons. The Bertz CT molecular complexity index is 511. The van der Waals surface area contributed by atoms with Crippen molar-refractivity contribution < 1.29 is 4.79 Å². The normalized spacial score (nSPS) is 20.2. The molecule has 2 fully saturated rings. The van der Waals surface area contributed by atoms with E-state index in [2.05, 4.69) is 32.8 Å². The topological polar surface area (TPSA) is 49.3 Å². The number of carbonyl (C=O) groups is 1. The molecule has 0 spiro atoms. The van der Waals surface area contributed by atoms with Crippen molar-refractivity contribution in [3.05, 3.63) is 18.1 Å². The van der Waals surface area contributed by atoms with Crippen molar-refractivity contribution in [2.75, 3.05) is 42.6 Å². The Morgan fingerprint density at radius 3 is 2.64 bits per heavy atom. The van der Waals surface area contributed by atoms with Crippen molar-refractivity contribution in [1.82, 2.24) is 14.9 Å². The average Bonchev–Trinajstić information content (AvgIpc) is 2.62. The van der Waals surface area contributed by atoms with Crippen LogP contribution < -0.4 is 4.90 Å². The zero-order valence-corrected chi connectivity index (χ0v) is 14.0. The van der Waals surface area contributed by atoms with Crippen LogP contribution in [0.3, 0.4) is 0 Å². The molecule has 0 unspecified atom stereocenters. The smallest absolute Gasteiger partial charge is 0.225 e. The molecule has 1 aromatic heterocycles. The monoisotopic (exact) mass is 320 g/mol. The van der Waals surface area contributed by atoms with Crippen LogP contribution in [0.25, 0.3) is 0 Å². The van der Waals surface area contributed by atoms with Gasteiger partial charge in [0.2, 0.25) is 5.91 Å². The Labute approximate surface area is 136 Å². The van der Waals surface area contributed by atoms with Gasteiger partial charge in [0.25, 0.3) is 0 Å². The van der Waals surface area contributed by atoms with Gasteiger partial charge < -0.3 is 9.80 Å². The van der Waals surface area contributed by atoms with Gasteiger partial charge >= 0.3 is 0 Å². The molecule has 0 saturated carbocycles. The molecule has 3 rings (SSSR count). The van der Waals surface area contributed by atoms with Gasteiger partial charge in [-0.25, -0.2) is 9.97 Å². The number of aryl methyl sites for hydroxylation is 1. The predicted molar refractivity (Wildman–Crippen MR) is 90.3 cm³/mol. The fourth-order valence-corrected chi connectivity index (χ4v) is 4.05. The van der Waals surface area contributed by atoms with Crippen LogP contribution in [0, 0.1) is 5.92 Å². The van der Waals surface area contributed by atoms with Crippen LogP contribution in [0.1, 0.15) is 25.5 Å². The van der Waals surface area contributed by atoms with Crippen molar-refractivity contribution in [2.45, 2.75) is 26.2 Å². The van der Waals surface area contributed by atoms with Crippen molar-refractivity contribution >= 4 is 23.5 Å². The van der Waals surface area contributed by atoms with Gasteiger partial charge in [0.1, 0.15) is 12.1 Å². The number of carbonyl (C=O) groups excluding carboxylic acids is 1. The Hall–Kier alpha value is -1.30. The van der Waals surface area contributed by atoms with E-state index in [4.69, 9.17) is 0 Å². The standard InChI is InChI=1S/C16H24N4OS/c1-2-14-11-15(18-12-17-14)19-5-3-13(4-6-19)16(21)20-7-9-22-10-8-20/h11-13H,2-10H2,1H3.